The highest BCUT2D eigenvalue weighted by molar-refractivity contribution is 7.86. The van der Waals surface area contributed by atoms with Crippen molar-refractivity contribution in [1.29, 1.82) is 0 Å². The summed E-state index contributed by atoms with van der Waals surface area (Å²) in [5.41, 5.74) is 9.87. The number of carboxylic acid groups (broad SMARTS) is 1. The molecule has 0 aliphatic carbocycles. The summed E-state index contributed by atoms with van der Waals surface area (Å²) in [6, 6.07) is -1.80. The second kappa shape index (κ2) is 9.47. The highest BCUT2D eigenvalue weighted by Gasteiger charge is 2.54. The number of nitrogens with zero attached hydrogens (tertiary/aromatic N) is 2. The van der Waals surface area contributed by atoms with Gasteiger partial charge in [-0.3, -0.25) is 4.79 Å². The summed E-state index contributed by atoms with van der Waals surface area (Å²) >= 11 is 0. The summed E-state index contributed by atoms with van der Waals surface area (Å²) in [6.45, 7) is -2.13. The van der Waals surface area contributed by atoms with Crippen LogP contribution in [0.3, 0.4) is 0 Å². The molecule has 2 heterocycles. The van der Waals surface area contributed by atoms with Gasteiger partial charge in [-0.1, -0.05) is 6.42 Å². The van der Waals surface area contributed by atoms with Crippen molar-refractivity contribution in [2.24, 2.45) is 17.4 Å². The van der Waals surface area contributed by atoms with Crippen LogP contribution in [0.2, 0.25) is 6.32 Å². The molecule has 15 heteroatoms. The summed E-state index contributed by atoms with van der Waals surface area (Å²) in [5, 5.41) is 27.5. The molecule has 2 rings (SSSR count). The van der Waals surface area contributed by atoms with Gasteiger partial charge in [0.25, 0.3) is 16.6 Å². The molecule has 2 unspecified atom stereocenters. The second-order valence-corrected chi connectivity index (χ2v) is 9.36. The van der Waals surface area contributed by atoms with Crippen molar-refractivity contribution >= 4 is 23.3 Å². The Balaban J connectivity index is 2.26. The molecular weight excluding hydrogens is 417 g/mol. The number of nitrogens with two attached hydrogens (primary N) is 2. The normalized spacial score (nSPS) is 31.1. The average molecular weight is 444 g/mol. The summed E-state index contributed by atoms with van der Waals surface area (Å²) in [6.07, 6.45) is -2.69. The molecule has 0 spiro atoms. The minimum Gasteiger partial charge on any atom is -0.480 e. The van der Waals surface area contributed by atoms with Crippen molar-refractivity contribution in [1.82, 2.24) is 8.61 Å². The van der Waals surface area contributed by atoms with Crippen LogP contribution in [-0.2, 0) is 19.7 Å². The lowest BCUT2D eigenvalue weighted by atomic mass is 9.78. The zero-order chi connectivity index (χ0) is 22.0. The molecule has 0 radical (unpaired) electrons. The van der Waals surface area contributed by atoms with Crippen molar-refractivity contribution in [2.45, 2.75) is 43.2 Å². The van der Waals surface area contributed by atoms with Crippen molar-refractivity contribution in [3.8, 4) is 0 Å². The van der Waals surface area contributed by atoms with E-state index < -0.39 is 66.4 Å². The van der Waals surface area contributed by atoms with Crippen LogP contribution in [-0.4, -0.2) is 102 Å². The maximum atomic E-state index is 13.1. The fourth-order valence-corrected chi connectivity index (χ4v) is 5.65. The van der Waals surface area contributed by atoms with Gasteiger partial charge in [-0.2, -0.15) is 17.0 Å². The molecule has 0 aromatic heterocycles. The van der Waals surface area contributed by atoms with Gasteiger partial charge in [0.15, 0.2) is 0 Å². The Morgan fingerprint density at radius 3 is 2.52 bits per heavy atom. The van der Waals surface area contributed by atoms with E-state index in [-0.39, 0.29) is 38.9 Å². The fraction of sp³-hybridized carbons (Fsp3) is 0.929. The maximum Gasteiger partial charge on any atom is 0.451 e. The van der Waals surface area contributed by atoms with E-state index in [0.717, 1.165) is 4.31 Å². The predicted octanol–water partition coefficient (Wildman–Crippen LogP) is -2.51. The molecule has 0 saturated carbocycles. The number of halogens is 2. The maximum absolute atomic E-state index is 13.1. The number of carbonyl (C=O) groups is 1. The third-order valence-electron chi connectivity index (χ3n) is 5.41. The van der Waals surface area contributed by atoms with Gasteiger partial charge < -0.3 is 31.4 Å². The van der Waals surface area contributed by atoms with E-state index in [1.165, 1.54) is 0 Å². The van der Waals surface area contributed by atoms with E-state index in [1.807, 2.05) is 0 Å². The number of hydrogen-bond acceptors (Lipinski definition) is 8. The Kier molecular flexibility index (Phi) is 7.95. The molecule has 0 aromatic rings. The van der Waals surface area contributed by atoms with Crippen LogP contribution in [0.1, 0.15) is 12.8 Å². The summed E-state index contributed by atoms with van der Waals surface area (Å²) in [5.74, 6) is -2.26. The third-order valence-corrected chi connectivity index (χ3v) is 7.35. The van der Waals surface area contributed by atoms with Crippen molar-refractivity contribution in [2.75, 3.05) is 32.8 Å². The molecule has 2 aliphatic heterocycles. The van der Waals surface area contributed by atoms with Crippen LogP contribution in [0.25, 0.3) is 0 Å². The Morgan fingerprint density at radius 1 is 1.38 bits per heavy atom. The van der Waals surface area contributed by atoms with Crippen LogP contribution in [0.5, 0.6) is 0 Å². The zero-order valence-electron chi connectivity index (χ0n) is 15.7. The van der Waals surface area contributed by atoms with Gasteiger partial charge in [-0.15, -0.1) is 0 Å². The van der Waals surface area contributed by atoms with Crippen LogP contribution >= 0.6 is 0 Å². The van der Waals surface area contributed by atoms with Gasteiger partial charge in [0.1, 0.15) is 5.54 Å². The first-order valence-corrected chi connectivity index (χ1v) is 10.6. The first-order valence-electron chi connectivity index (χ1n) is 9.16. The first kappa shape index (κ1) is 24.3. The monoisotopic (exact) mass is 444 g/mol. The van der Waals surface area contributed by atoms with E-state index in [2.05, 4.69) is 0 Å². The lowest BCUT2D eigenvalue weighted by Crippen LogP contribution is -2.57. The number of rotatable bonds is 10. The van der Waals surface area contributed by atoms with Gasteiger partial charge in [0, 0.05) is 25.0 Å². The SMILES string of the molecule is NC1COCC1N(CC(F)F)S(=O)(=O)N1C[C@H](CCCB(O)O)[C@](N)(C(=O)O)C1. The number of aliphatic carboxylic acids is 1. The minimum atomic E-state index is -4.51. The summed E-state index contributed by atoms with van der Waals surface area (Å²) in [4.78, 5) is 11.7. The molecule has 7 N–H and O–H groups in total. The summed E-state index contributed by atoms with van der Waals surface area (Å²) in [7, 11) is -6.09. The van der Waals surface area contributed by atoms with E-state index >= 15 is 0 Å². The van der Waals surface area contributed by atoms with Crippen LogP contribution in [0.4, 0.5) is 8.78 Å². The second-order valence-electron chi connectivity index (χ2n) is 7.48. The number of carboxylic acids is 1. The zero-order valence-corrected chi connectivity index (χ0v) is 16.5. The van der Waals surface area contributed by atoms with Crippen molar-refractivity contribution in [3.05, 3.63) is 0 Å². The number of alkyl halides is 2. The molecule has 2 aliphatic rings. The van der Waals surface area contributed by atoms with Gasteiger partial charge in [0.05, 0.1) is 25.8 Å². The average Bonchev–Trinajstić information content (AvgIpc) is 3.17. The third kappa shape index (κ3) is 5.41. The van der Waals surface area contributed by atoms with E-state index in [1.54, 1.807) is 0 Å². The van der Waals surface area contributed by atoms with Gasteiger partial charge in [-0.05, 0) is 12.7 Å². The fourth-order valence-electron chi connectivity index (χ4n) is 3.75. The molecule has 0 aromatic carbocycles. The van der Waals surface area contributed by atoms with Crippen LogP contribution in [0.15, 0.2) is 0 Å². The van der Waals surface area contributed by atoms with Gasteiger partial charge in [0.2, 0.25) is 0 Å². The minimum absolute atomic E-state index is 0.0159. The lowest BCUT2D eigenvalue weighted by Gasteiger charge is -2.32. The molecule has 0 amide bonds. The number of ether oxygens (including phenoxy) is 1. The molecule has 0 bridgehead atoms. The Morgan fingerprint density at radius 2 is 2.03 bits per heavy atom. The Hall–Kier alpha value is -0.935. The van der Waals surface area contributed by atoms with Crippen LogP contribution in [0, 0.1) is 5.92 Å². The van der Waals surface area contributed by atoms with Crippen molar-refractivity contribution in [3.63, 3.8) is 0 Å². The van der Waals surface area contributed by atoms with Crippen molar-refractivity contribution < 1.29 is 41.9 Å². The topological polar surface area (TPSA) is 180 Å². The largest absolute Gasteiger partial charge is 0.480 e. The number of hydrogen-bond donors (Lipinski definition) is 5. The van der Waals surface area contributed by atoms with E-state index in [9.17, 15) is 27.1 Å². The van der Waals surface area contributed by atoms with E-state index in [4.69, 9.17) is 26.3 Å². The molecule has 2 saturated heterocycles. The standard InChI is InChI=1S/C14H27BF2N4O7S/c16-12(17)5-21(11-7-28-6-10(11)18)29(26,27)20-4-9(2-1-3-15(24)25)14(19,8-20)13(22)23/h9-12,24-25H,1-8,18-19H2,(H,22,23)/t9-,10?,11?,14-/m0/s1. The van der Waals surface area contributed by atoms with Gasteiger partial charge in [-0.25, -0.2) is 8.78 Å². The summed E-state index contributed by atoms with van der Waals surface area (Å²) < 4.78 is 58.9. The Bertz CT molecular complexity index is 689. The highest BCUT2D eigenvalue weighted by Crippen LogP contribution is 2.34. The molecule has 4 atom stereocenters. The first-order chi connectivity index (χ1) is 13.4. The molecule has 2 fully saturated rings. The quantitative estimate of drug-likeness (QED) is 0.228. The van der Waals surface area contributed by atoms with E-state index in [0.29, 0.717) is 4.31 Å². The molecule has 168 valence electrons. The highest BCUT2D eigenvalue weighted by atomic mass is 32.2. The molecular formula is C14H27BF2N4O7S. The predicted molar refractivity (Wildman–Crippen MR) is 98.1 cm³/mol. The smallest absolute Gasteiger partial charge is 0.451 e. The lowest BCUT2D eigenvalue weighted by molar-refractivity contribution is -0.144. The van der Waals surface area contributed by atoms with Crippen LogP contribution < -0.4 is 11.5 Å². The molecule has 11 nitrogen and oxygen atoms in total. The van der Waals surface area contributed by atoms with Gasteiger partial charge >= 0.3 is 13.1 Å². The molecule has 29 heavy (non-hydrogen) atoms. The Labute approximate surface area is 167 Å².